The van der Waals surface area contributed by atoms with Crippen LogP contribution in [0.2, 0.25) is 0 Å². The molecule has 1 heterocycles. The number of halogens is 3. The van der Waals surface area contributed by atoms with E-state index in [1.807, 2.05) is 30.3 Å². The number of amides is 1. The van der Waals surface area contributed by atoms with Crippen LogP contribution >= 0.6 is 0 Å². The molecule has 0 N–H and O–H groups in total. The minimum absolute atomic E-state index is 0.190. The molecule has 2 aromatic rings. The van der Waals surface area contributed by atoms with E-state index in [2.05, 4.69) is 4.18 Å². The predicted molar refractivity (Wildman–Crippen MR) is 116 cm³/mol. The quantitative estimate of drug-likeness (QED) is 0.430. The van der Waals surface area contributed by atoms with Gasteiger partial charge in [0.1, 0.15) is 11.4 Å². The van der Waals surface area contributed by atoms with Crippen LogP contribution in [0.3, 0.4) is 0 Å². The van der Waals surface area contributed by atoms with Crippen molar-refractivity contribution in [3.8, 4) is 5.75 Å². The fourth-order valence-corrected chi connectivity index (χ4v) is 4.07. The van der Waals surface area contributed by atoms with Gasteiger partial charge >= 0.3 is 21.7 Å². The van der Waals surface area contributed by atoms with Gasteiger partial charge in [-0.3, -0.25) is 0 Å². The number of fused-ring (bicyclic) bond motifs is 1. The van der Waals surface area contributed by atoms with Crippen LogP contribution in [0.25, 0.3) is 0 Å². The number of carbonyl (C=O) groups is 1. The third-order valence-corrected chi connectivity index (χ3v) is 6.12. The normalized spacial score (nSPS) is 16.8. The Morgan fingerprint density at radius 1 is 1.06 bits per heavy atom. The van der Waals surface area contributed by atoms with Crippen molar-refractivity contribution in [2.45, 2.75) is 63.7 Å². The zero-order valence-corrected chi connectivity index (χ0v) is 19.4. The van der Waals surface area contributed by atoms with Crippen LogP contribution in [0.1, 0.15) is 43.9 Å². The highest BCUT2D eigenvalue weighted by atomic mass is 32.2. The van der Waals surface area contributed by atoms with E-state index in [9.17, 15) is 26.4 Å². The summed E-state index contributed by atoms with van der Waals surface area (Å²) in [6.07, 6.45) is 1.11. The molecule has 1 unspecified atom stereocenters. The van der Waals surface area contributed by atoms with Crippen molar-refractivity contribution in [3.63, 3.8) is 0 Å². The van der Waals surface area contributed by atoms with E-state index in [1.54, 1.807) is 25.7 Å². The molecule has 3 rings (SSSR count). The average Bonchev–Trinajstić information content (AvgIpc) is 2.70. The maximum atomic E-state index is 12.9. The van der Waals surface area contributed by atoms with Gasteiger partial charge < -0.3 is 13.8 Å². The van der Waals surface area contributed by atoms with E-state index in [1.165, 1.54) is 12.1 Å². The van der Waals surface area contributed by atoms with E-state index in [0.717, 1.165) is 11.6 Å². The summed E-state index contributed by atoms with van der Waals surface area (Å²) in [4.78, 5) is 14.5. The molecule has 10 heteroatoms. The van der Waals surface area contributed by atoms with Crippen molar-refractivity contribution in [2.75, 3.05) is 0 Å². The number of alkyl halides is 3. The minimum atomic E-state index is -5.77. The summed E-state index contributed by atoms with van der Waals surface area (Å²) in [7, 11) is -5.77. The summed E-state index contributed by atoms with van der Waals surface area (Å²) in [5.41, 5.74) is -3.81. The van der Waals surface area contributed by atoms with Gasteiger partial charge in [-0.15, -0.1) is 0 Å². The summed E-state index contributed by atoms with van der Waals surface area (Å²) < 4.78 is 70.6. The number of hydrogen-bond donors (Lipinski definition) is 0. The molecule has 0 saturated heterocycles. The Morgan fingerprint density at radius 3 is 2.33 bits per heavy atom. The standard InChI is InChI=1S/C23H26F3NO5S/c1-22(2,3)31-21(28)27-15-17-10-12-20(32-33(29,30)23(24,25)26)14-18(17)13-19(27)11-9-16-7-5-4-6-8-16/h4-8,10,12,14,19H,9,11,13,15H2,1-3H3. The molecule has 0 saturated carbocycles. The topological polar surface area (TPSA) is 72.9 Å². The Morgan fingerprint density at radius 2 is 1.73 bits per heavy atom. The lowest BCUT2D eigenvalue weighted by Crippen LogP contribution is -2.46. The lowest BCUT2D eigenvalue weighted by Gasteiger charge is -2.38. The molecule has 6 nitrogen and oxygen atoms in total. The third kappa shape index (κ3) is 6.40. The molecule has 0 aliphatic carbocycles. The summed E-state index contributed by atoms with van der Waals surface area (Å²) >= 11 is 0. The van der Waals surface area contributed by atoms with Gasteiger partial charge in [0.2, 0.25) is 0 Å². The Bertz CT molecular complexity index is 1100. The molecule has 0 aromatic heterocycles. The van der Waals surface area contributed by atoms with Crippen LogP contribution in [0.5, 0.6) is 5.75 Å². The number of carbonyl (C=O) groups excluding carboxylic acids is 1. The Balaban J connectivity index is 1.85. The second-order valence-corrected chi connectivity index (χ2v) is 10.4. The van der Waals surface area contributed by atoms with Crippen LogP contribution < -0.4 is 4.18 Å². The van der Waals surface area contributed by atoms with Gasteiger partial charge in [0.15, 0.2) is 0 Å². The number of nitrogens with zero attached hydrogens (tertiary/aromatic N) is 1. The fraction of sp³-hybridized carbons (Fsp3) is 0.435. The zero-order chi connectivity index (χ0) is 24.4. The number of hydrogen-bond acceptors (Lipinski definition) is 5. The smallest absolute Gasteiger partial charge is 0.444 e. The number of aryl methyl sites for hydroxylation is 1. The van der Waals surface area contributed by atoms with Crippen molar-refractivity contribution in [3.05, 3.63) is 65.2 Å². The zero-order valence-electron chi connectivity index (χ0n) is 18.6. The molecule has 0 fully saturated rings. The molecule has 0 spiro atoms. The van der Waals surface area contributed by atoms with E-state index < -0.39 is 33.1 Å². The summed E-state index contributed by atoms with van der Waals surface area (Å²) in [5.74, 6) is -0.418. The van der Waals surface area contributed by atoms with Crippen LogP contribution in [-0.4, -0.2) is 36.6 Å². The second kappa shape index (κ2) is 9.24. The second-order valence-electron chi connectivity index (χ2n) is 8.90. The maximum absolute atomic E-state index is 12.9. The van der Waals surface area contributed by atoms with E-state index in [-0.39, 0.29) is 12.6 Å². The Kier molecular flexibility index (Phi) is 6.97. The molecule has 1 amide bonds. The molecule has 1 aliphatic heterocycles. The van der Waals surface area contributed by atoms with Gasteiger partial charge in [-0.2, -0.15) is 21.6 Å². The largest absolute Gasteiger partial charge is 0.534 e. The van der Waals surface area contributed by atoms with E-state index in [0.29, 0.717) is 30.4 Å². The summed E-state index contributed by atoms with van der Waals surface area (Å²) in [6, 6.07) is 13.3. The number of ether oxygens (including phenoxy) is 1. The van der Waals surface area contributed by atoms with Gasteiger partial charge in [0.25, 0.3) is 0 Å². The molecular weight excluding hydrogens is 459 g/mol. The number of benzene rings is 2. The SMILES string of the molecule is CC(C)(C)OC(=O)N1Cc2ccc(OS(=O)(=O)C(F)(F)F)cc2CC1CCc1ccccc1. The van der Waals surface area contributed by atoms with Gasteiger partial charge in [-0.1, -0.05) is 36.4 Å². The van der Waals surface area contributed by atoms with Gasteiger partial charge in [-0.05, 0) is 68.9 Å². The Labute approximate surface area is 191 Å². The third-order valence-electron chi connectivity index (χ3n) is 5.14. The van der Waals surface area contributed by atoms with Gasteiger partial charge in [0, 0.05) is 12.6 Å². The molecule has 0 radical (unpaired) electrons. The van der Waals surface area contributed by atoms with Gasteiger partial charge in [0.05, 0.1) is 0 Å². The van der Waals surface area contributed by atoms with Crippen molar-refractivity contribution in [2.24, 2.45) is 0 Å². The minimum Gasteiger partial charge on any atom is -0.444 e. The van der Waals surface area contributed by atoms with Crippen molar-refractivity contribution in [1.82, 2.24) is 4.90 Å². The Hall–Kier alpha value is -2.75. The van der Waals surface area contributed by atoms with Crippen molar-refractivity contribution in [1.29, 1.82) is 0 Å². The number of rotatable bonds is 5. The predicted octanol–water partition coefficient (Wildman–Crippen LogP) is 5.21. The average molecular weight is 486 g/mol. The lowest BCUT2D eigenvalue weighted by molar-refractivity contribution is -0.0500. The molecule has 180 valence electrons. The first kappa shape index (κ1) is 24.9. The highest BCUT2D eigenvalue weighted by Gasteiger charge is 2.48. The molecular formula is C23H26F3NO5S. The molecule has 33 heavy (non-hydrogen) atoms. The molecule has 1 atom stereocenters. The molecule has 0 bridgehead atoms. The molecule has 2 aromatic carbocycles. The summed E-state index contributed by atoms with van der Waals surface area (Å²) in [5, 5.41) is 0. The highest BCUT2D eigenvalue weighted by molar-refractivity contribution is 7.88. The van der Waals surface area contributed by atoms with Crippen LogP contribution in [0.4, 0.5) is 18.0 Å². The summed E-state index contributed by atoms with van der Waals surface area (Å²) in [6.45, 7) is 5.50. The highest BCUT2D eigenvalue weighted by Crippen LogP contribution is 2.32. The lowest BCUT2D eigenvalue weighted by atomic mass is 9.90. The van der Waals surface area contributed by atoms with E-state index in [4.69, 9.17) is 4.74 Å². The van der Waals surface area contributed by atoms with Crippen molar-refractivity contribution >= 4 is 16.2 Å². The first-order chi connectivity index (χ1) is 15.2. The van der Waals surface area contributed by atoms with Crippen LogP contribution in [0, 0.1) is 0 Å². The molecule has 1 aliphatic rings. The van der Waals surface area contributed by atoms with Crippen LogP contribution in [0.15, 0.2) is 48.5 Å². The first-order valence-corrected chi connectivity index (χ1v) is 11.8. The maximum Gasteiger partial charge on any atom is 0.534 e. The fourth-order valence-electron chi connectivity index (χ4n) is 3.62. The van der Waals surface area contributed by atoms with Crippen molar-refractivity contribution < 1.29 is 35.3 Å². The van der Waals surface area contributed by atoms with Gasteiger partial charge in [-0.25, -0.2) is 4.79 Å². The van der Waals surface area contributed by atoms with Crippen LogP contribution in [-0.2, 0) is 34.2 Å². The monoisotopic (exact) mass is 485 g/mol. The first-order valence-electron chi connectivity index (χ1n) is 10.4. The van der Waals surface area contributed by atoms with E-state index >= 15 is 0 Å².